The van der Waals surface area contributed by atoms with Crippen molar-refractivity contribution in [2.75, 3.05) is 12.4 Å². The van der Waals surface area contributed by atoms with E-state index >= 15 is 0 Å². The fourth-order valence-electron chi connectivity index (χ4n) is 8.99. The van der Waals surface area contributed by atoms with Crippen molar-refractivity contribution in [1.29, 1.82) is 0 Å². The molecule has 12 heteroatoms. The Hall–Kier alpha value is -4.84. The molecule has 0 amide bonds. The van der Waals surface area contributed by atoms with Gasteiger partial charge in [0.1, 0.15) is 11.4 Å². The van der Waals surface area contributed by atoms with Gasteiger partial charge in [0.2, 0.25) is 0 Å². The Kier molecular flexibility index (Phi) is 6.40. The molecule has 0 spiro atoms. The molecule has 0 unspecified atom stereocenters. The Labute approximate surface area is 273 Å². The number of esters is 1. The first-order valence-electron chi connectivity index (χ1n) is 16.1. The molecule has 5 heterocycles. The molecule has 4 fully saturated rings. The third-order valence-corrected chi connectivity index (χ3v) is 11.5. The number of aromatic nitrogens is 6. The number of ether oxygens (including phenoxy) is 1. The molecule has 238 valence electrons. The van der Waals surface area contributed by atoms with E-state index < -0.39 is 11.7 Å². The molecule has 10 rings (SSSR count). The van der Waals surface area contributed by atoms with Crippen molar-refractivity contribution in [3.05, 3.63) is 76.8 Å². The van der Waals surface area contributed by atoms with Crippen LogP contribution in [0.1, 0.15) is 54.6 Å². The highest BCUT2D eigenvalue weighted by atomic mass is 32.1. The fraction of sp³-hybridized carbons (Fsp3) is 0.371. The van der Waals surface area contributed by atoms with Crippen LogP contribution in [0.2, 0.25) is 0 Å². The van der Waals surface area contributed by atoms with Crippen LogP contribution in [0.5, 0.6) is 0 Å². The molecular formula is C35H33N7O4S. The number of para-hydroxylation sites is 1. The summed E-state index contributed by atoms with van der Waals surface area (Å²) in [5, 5.41) is 8.75. The van der Waals surface area contributed by atoms with E-state index in [1.807, 2.05) is 31.2 Å². The molecule has 4 aliphatic carbocycles. The summed E-state index contributed by atoms with van der Waals surface area (Å²) in [5.74, 6) is 1.82. The van der Waals surface area contributed by atoms with Gasteiger partial charge in [-0.15, -0.1) is 0 Å². The van der Waals surface area contributed by atoms with Gasteiger partial charge in [-0.05, 0) is 92.9 Å². The van der Waals surface area contributed by atoms with E-state index in [0.29, 0.717) is 27.6 Å². The minimum atomic E-state index is -0.683. The second-order valence-electron chi connectivity index (χ2n) is 13.6. The molecule has 4 bridgehead atoms. The van der Waals surface area contributed by atoms with E-state index in [1.54, 1.807) is 30.7 Å². The van der Waals surface area contributed by atoms with Gasteiger partial charge in [-0.3, -0.25) is 4.68 Å². The first-order chi connectivity index (χ1) is 22.9. The monoisotopic (exact) mass is 647 g/mol. The number of benzene rings is 1. The number of carbonyl (C=O) groups is 1. The number of fused-ring (bicyclic) bond motifs is 2. The quantitative estimate of drug-likeness (QED) is 0.184. The number of thiazole rings is 1. The minimum Gasteiger partial charge on any atom is -0.465 e. The molecule has 1 N–H and O–H groups in total. The lowest BCUT2D eigenvalue weighted by Crippen LogP contribution is -2.48. The number of anilines is 2. The second kappa shape index (κ2) is 10.6. The molecule has 4 saturated carbocycles. The highest BCUT2D eigenvalue weighted by Gasteiger charge is 2.51. The smallest absolute Gasteiger partial charge is 0.425 e. The molecular weight excluding hydrogens is 614 g/mol. The molecule has 5 aromatic heterocycles. The number of nitrogens with one attached hydrogen (secondary N) is 1. The number of rotatable bonds is 7. The molecule has 0 aliphatic heterocycles. The molecule has 0 radical (unpaired) electrons. The first-order valence-corrected chi connectivity index (χ1v) is 16.9. The number of pyridine rings is 2. The van der Waals surface area contributed by atoms with Crippen molar-refractivity contribution in [3.8, 4) is 16.8 Å². The predicted molar refractivity (Wildman–Crippen MR) is 178 cm³/mol. The lowest BCUT2D eigenvalue weighted by Gasteiger charge is -2.56. The summed E-state index contributed by atoms with van der Waals surface area (Å²) >= 11 is 1.53. The zero-order chi connectivity index (χ0) is 31.9. The van der Waals surface area contributed by atoms with Crippen molar-refractivity contribution in [2.45, 2.75) is 52.0 Å². The van der Waals surface area contributed by atoms with Gasteiger partial charge < -0.3 is 14.5 Å². The van der Waals surface area contributed by atoms with Crippen molar-refractivity contribution < 1.29 is 13.9 Å². The van der Waals surface area contributed by atoms with Crippen LogP contribution >= 0.6 is 11.3 Å². The van der Waals surface area contributed by atoms with Gasteiger partial charge in [0.15, 0.2) is 16.4 Å². The first kappa shape index (κ1) is 28.4. The van der Waals surface area contributed by atoms with Gasteiger partial charge in [0.05, 0.1) is 35.4 Å². The van der Waals surface area contributed by atoms with E-state index in [0.717, 1.165) is 45.8 Å². The standard InChI is InChI=1S/C35H33N7O4S/c1-19-24(17-38-41(19)18-35-12-20-9-21(13-35)11-22(10-20)14-35)25-16-37-31-30(29(25)32(43)45-2)46-34(44)42(31)23-7-8-28(36-15-23)40-33-39-26-5-3-4-6-27(26)47-33/h3-8,15-17,20-22H,9-14,18H2,1-2H3,(H,36,39,40). The van der Waals surface area contributed by atoms with Gasteiger partial charge in [-0.1, -0.05) is 23.5 Å². The van der Waals surface area contributed by atoms with Crippen LogP contribution in [0, 0.1) is 30.1 Å². The zero-order valence-electron chi connectivity index (χ0n) is 26.1. The van der Waals surface area contributed by atoms with Crippen LogP contribution in [-0.4, -0.2) is 42.4 Å². The van der Waals surface area contributed by atoms with Crippen molar-refractivity contribution in [1.82, 2.24) is 29.3 Å². The van der Waals surface area contributed by atoms with Gasteiger partial charge >= 0.3 is 11.7 Å². The summed E-state index contributed by atoms with van der Waals surface area (Å²) < 4.78 is 15.4. The Morgan fingerprint density at radius 1 is 1.02 bits per heavy atom. The maximum atomic E-state index is 13.3. The molecule has 0 saturated heterocycles. The Morgan fingerprint density at radius 2 is 1.79 bits per heavy atom. The topological polar surface area (TPSA) is 130 Å². The number of oxazole rings is 1. The number of methoxy groups -OCH3 is 1. The fourth-order valence-corrected chi connectivity index (χ4v) is 9.87. The average molecular weight is 648 g/mol. The van der Waals surface area contributed by atoms with E-state index in [9.17, 15) is 9.59 Å². The Bertz CT molecular complexity index is 2180. The lowest BCUT2D eigenvalue weighted by molar-refractivity contribution is -0.0638. The van der Waals surface area contributed by atoms with Crippen LogP contribution in [0.3, 0.4) is 0 Å². The zero-order valence-corrected chi connectivity index (χ0v) is 26.9. The van der Waals surface area contributed by atoms with Gasteiger partial charge in [-0.25, -0.2) is 29.1 Å². The van der Waals surface area contributed by atoms with Crippen LogP contribution in [0.25, 0.3) is 38.3 Å². The molecule has 47 heavy (non-hydrogen) atoms. The van der Waals surface area contributed by atoms with Gasteiger partial charge in [0.25, 0.3) is 0 Å². The summed E-state index contributed by atoms with van der Waals surface area (Å²) in [4.78, 5) is 40.3. The minimum absolute atomic E-state index is 0.0595. The van der Waals surface area contributed by atoms with Crippen molar-refractivity contribution in [2.24, 2.45) is 23.2 Å². The Morgan fingerprint density at radius 3 is 2.49 bits per heavy atom. The predicted octanol–water partition coefficient (Wildman–Crippen LogP) is 6.90. The maximum Gasteiger partial charge on any atom is 0.425 e. The van der Waals surface area contributed by atoms with E-state index in [1.165, 1.54) is 61.5 Å². The van der Waals surface area contributed by atoms with Crippen LogP contribution < -0.4 is 11.1 Å². The van der Waals surface area contributed by atoms with Gasteiger partial charge in [-0.2, -0.15) is 5.10 Å². The SMILES string of the molecule is COC(=O)c1c(-c2cnn(CC34CC5CC(CC(C5)C3)C4)c2C)cnc2c1oc(=O)n2-c1ccc(Nc2nc3ccccc3s2)nc1. The molecule has 11 nitrogen and oxygen atoms in total. The second-order valence-corrected chi connectivity index (χ2v) is 14.7. The van der Waals surface area contributed by atoms with Gasteiger partial charge in [0, 0.05) is 29.6 Å². The molecule has 0 atom stereocenters. The van der Waals surface area contributed by atoms with E-state index in [-0.39, 0.29) is 16.8 Å². The highest BCUT2D eigenvalue weighted by Crippen LogP contribution is 2.60. The summed E-state index contributed by atoms with van der Waals surface area (Å²) in [6, 6.07) is 11.4. The van der Waals surface area contributed by atoms with Crippen LogP contribution in [0.4, 0.5) is 10.9 Å². The maximum absolute atomic E-state index is 13.3. The van der Waals surface area contributed by atoms with E-state index in [2.05, 4.69) is 25.0 Å². The number of nitrogens with zero attached hydrogens (tertiary/aromatic N) is 6. The molecule has 4 aliphatic rings. The van der Waals surface area contributed by atoms with E-state index in [4.69, 9.17) is 14.3 Å². The normalized spacial score (nSPS) is 23.1. The third-order valence-electron chi connectivity index (χ3n) is 10.6. The average Bonchev–Trinajstić information content (AvgIpc) is 3.73. The molecule has 1 aromatic carbocycles. The van der Waals surface area contributed by atoms with Crippen molar-refractivity contribution in [3.63, 3.8) is 0 Å². The number of hydrogen-bond acceptors (Lipinski definition) is 10. The Balaban J connectivity index is 1.05. The van der Waals surface area contributed by atoms with Crippen LogP contribution in [-0.2, 0) is 11.3 Å². The molecule has 6 aromatic rings. The third kappa shape index (κ3) is 4.68. The lowest BCUT2D eigenvalue weighted by atomic mass is 9.49. The number of hydrogen-bond donors (Lipinski definition) is 1. The summed E-state index contributed by atoms with van der Waals surface area (Å²) in [5.41, 5.74) is 4.30. The summed E-state index contributed by atoms with van der Waals surface area (Å²) in [6.45, 7) is 2.92. The van der Waals surface area contributed by atoms with Crippen molar-refractivity contribution >= 4 is 49.7 Å². The summed E-state index contributed by atoms with van der Waals surface area (Å²) in [6.07, 6.45) is 13.0. The van der Waals surface area contributed by atoms with Crippen LogP contribution in [0.15, 0.2) is 64.2 Å². The largest absolute Gasteiger partial charge is 0.465 e. The summed E-state index contributed by atoms with van der Waals surface area (Å²) in [7, 11) is 1.32. The highest BCUT2D eigenvalue weighted by molar-refractivity contribution is 7.22. The number of carbonyl (C=O) groups excluding carboxylic acids is 1.